The molecule has 0 unspecified atom stereocenters. The van der Waals surface area contributed by atoms with E-state index in [1.54, 1.807) is 54.6 Å². The van der Waals surface area contributed by atoms with Gasteiger partial charge >= 0.3 is 0 Å². The van der Waals surface area contributed by atoms with Crippen LogP contribution in [0.4, 0.5) is 10.1 Å². The number of anilines is 1. The quantitative estimate of drug-likeness (QED) is 0.682. The third-order valence-corrected chi connectivity index (χ3v) is 5.00. The Morgan fingerprint density at radius 1 is 1.07 bits per heavy atom. The summed E-state index contributed by atoms with van der Waals surface area (Å²) < 4.78 is 18.9. The highest BCUT2D eigenvalue weighted by atomic mass is 35.5. The van der Waals surface area contributed by atoms with Gasteiger partial charge in [0.05, 0.1) is 12.2 Å². The van der Waals surface area contributed by atoms with Crippen molar-refractivity contribution < 1.29 is 18.7 Å². The summed E-state index contributed by atoms with van der Waals surface area (Å²) in [5.74, 6) is -0.563. The normalized spacial score (nSPS) is 15.1. The molecule has 30 heavy (non-hydrogen) atoms. The van der Waals surface area contributed by atoms with Crippen LogP contribution in [0.1, 0.15) is 15.9 Å². The van der Waals surface area contributed by atoms with Crippen LogP contribution in [-0.2, 0) is 11.3 Å². The largest absolute Gasteiger partial charge is 0.477 e. The number of hydrogen-bond donors (Lipinski definition) is 1. The van der Waals surface area contributed by atoms with E-state index in [0.717, 1.165) is 5.56 Å². The molecule has 152 valence electrons. The maximum absolute atomic E-state index is 13.1. The number of nitrogens with one attached hydrogen (secondary N) is 1. The average Bonchev–Trinajstić information content (AvgIpc) is 2.78. The van der Waals surface area contributed by atoms with Crippen molar-refractivity contribution in [1.82, 2.24) is 5.32 Å². The Hall–Kier alpha value is -3.38. The number of amides is 2. The van der Waals surface area contributed by atoms with E-state index < -0.39 is 6.10 Å². The number of halogens is 2. The highest BCUT2D eigenvalue weighted by molar-refractivity contribution is 6.31. The lowest BCUT2D eigenvalue weighted by Gasteiger charge is -2.34. The first-order valence-electron chi connectivity index (χ1n) is 9.36. The van der Waals surface area contributed by atoms with Crippen molar-refractivity contribution in [2.24, 2.45) is 0 Å². The van der Waals surface area contributed by atoms with Crippen molar-refractivity contribution in [3.8, 4) is 5.75 Å². The minimum Gasteiger partial charge on any atom is -0.477 e. The van der Waals surface area contributed by atoms with Gasteiger partial charge in [-0.25, -0.2) is 4.39 Å². The van der Waals surface area contributed by atoms with E-state index in [9.17, 15) is 14.0 Å². The van der Waals surface area contributed by atoms with Crippen LogP contribution in [0.2, 0.25) is 5.02 Å². The predicted octanol–water partition coefficient (Wildman–Crippen LogP) is 4.20. The number of carbonyl (C=O) groups is 2. The summed E-state index contributed by atoms with van der Waals surface area (Å²) in [5, 5.41) is 3.24. The minimum atomic E-state index is -0.896. The maximum Gasteiger partial charge on any atom is 0.263 e. The van der Waals surface area contributed by atoms with Gasteiger partial charge in [-0.1, -0.05) is 41.9 Å². The third-order valence-electron chi connectivity index (χ3n) is 4.77. The number of carbonyl (C=O) groups excluding carboxylic acids is 2. The summed E-state index contributed by atoms with van der Waals surface area (Å²) in [6, 6.07) is 19.6. The van der Waals surface area contributed by atoms with Crippen molar-refractivity contribution in [3.63, 3.8) is 0 Å². The lowest BCUT2D eigenvalue weighted by molar-refractivity contribution is -0.127. The lowest BCUT2D eigenvalue weighted by atomic mass is 10.1. The second-order valence-electron chi connectivity index (χ2n) is 6.84. The number of hydrogen-bond acceptors (Lipinski definition) is 3. The van der Waals surface area contributed by atoms with Gasteiger partial charge in [0.25, 0.3) is 11.8 Å². The highest BCUT2D eigenvalue weighted by Gasteiger charge is 2.34. The first-order valence-corrected chi connectivity index (χ1v) is 9.74. The summed E-state index contributed by atoms with van der Waals surface area (Å²) in [5.41, 5.74) is 1.76. The molecule has 3 aromatic rings. The maximum atomic E-state index is 13.1. The van der Waals surface area contributed by atoms with Crippen LogP contribution >= 0.6 is 11.6 Å². The Bertz CT molecular complexity index is 1070. The molecule has 0 saturated carbocycles. The SMILES string of the molecule is O=C(NCc1ccc(F)cc1)[C@H]1CN(C(=O)c2ccccc2)c2cc(Cl)ccc2O1. The van der Waals surface area contributed by atoms with Gasteiger partial charge in [0.2, 0.25) is 0 Å². The van der Waals surface area contributed by atoms with Gasteiger partial charge in [0.1, 0.15) is 11.6 Å². The molecule has 4 rings (SSSR count). The molecule has 0 radical (unpaired) electrons. The average molecular weight is 425 g/mol. The highest BCUT2D eigenvalue weighted by Crippen LogP contribution is 2.36. The van der Waals surface area contributed by atoms with E-state index in [1.165, 1.54) is 17.0 Å². The summed E-state index contributed by atoms with van der Waals surface area (Å²) in [4.78, 5) is 27.4. The fourth-order valence-corrected chi connectivity index (χ4v) is 3.39. The molecule has 2 amide bonds. The van der Waals surface area contributed by atoms with Crippen molar-refractivity contribution >= 4 is 29.1 Å². The van der Waals surface area contributed by atoms with Crippen LogP contribution in [0, 0.1) is 5.82 Å². The van der Waals surface area contributed by atoms with Gasteiger partial charge < -0.3 is 15.0 Å². The van der Waals surface area contributed by atoms with Crippen LogP contribution in [0.15, 0.2) is 72.8 Å². The first kappa shape index (κ1) is 19.9. The molecule has 1 aliphatic rings. The fourth-order valence-electron chi connectivity index (χ4n) is 3.23. The van der Waals surface area contributed by atoms with Gasteiger partial charge in [-0.15, -0.1) is 0 Å². The molecular weight excluding hydrogens is 407 g/mol. The van der Waals surface area contributed by atoms with E-state index in [-0.39, 0.29) is 30.7 Å². The summed E-state index contributed by atoms with van der Waals surface area (Å²) in [6.45, 7) is 0.259. The van der Waals surface area contributed by atoms with Crippen molar-refractivity contribution in [2.45, 2.75) is 12.6 Å². The van der Waals surface area contributed by atoms with E-state index in [0.29, 0.717) is 22.0 Å². The molecule has 0 spiro atoms. The summed E-state index contributed by atoms with van der Waals surface area (Å²) >= 11 is 6.12. The Labute approximate surface area is 178 Å². The molecule has 1 heterocycles. The van der Waals surface area contributed by atoms with E-state index in [2.05, 4.69) is 5.32 Å². The number of benzene rings is 3. The van der Waals surface area contributed by atoms with Crippen LogP contribution in [-0.4, -0.2) is 24.5 Å². The number of nitrogens with zero attached hydrogens (tertiary/aromatic N) is 1. The fraction of sp³-hybridized carbons (Fsp3) is 0.130. The first-order chi connectivity index (χ1) is 14.5. The molecule has 7 heteroatoms. The van der Waals surface area contributed by atoms with Crippen LogP contribution in [0.5, 0.6) is 5.75 Å². The molecule has 1 N–H and O–H groups in total. The molecule has 0 fully saturated rings. The van der Waals surface area contributed by atoms with Gasteiger partial charge in [0.15, 0.2) is 6.10 Å². The lowest BCUT2D eigenvalue weighted by Crippen LogP contribution is -2.50. The van der Waals surface area contributed by atoms with Crippen LogP contribution in [0.25, 0.3) is 0 Å². The molecule has 3 aromatic carbocycles. The van der Waals surface area contributed by atoms with Gasteiger partial charge in [-0.2, -0.15) is 0 Å². The van der Waals surface area contributed by atoms with Gasteiger partial charge in [-0.05, 0) is 48.0 Å². The molecule has 0 saturated heterocycles. The Morgan fingerprint density at radius 2 is 1.80 bits per heavy atom. The standard InChI is InChI=1S/C23H18ClFN2O3/c24-17-8-11-20-19(12-17)27(23(29)16-4-2-1-3-5-16)14-21(30-20)22(28)26-13-15-6-9-18(25)10-7-15/h1-12,21H,13-14H2,(H,26,28)/t21-/m1/s1. The molecule has 1 aliphatic heterocycles. The molecule has 0 bridgehead atoms. The van der Waals surface area contributed by atoms with Gasteiger partial charge in [-0.3, -0.25) is 9.59 Å². The minimum absolute atomic E-state index is 0.0380. The topological polar surface area (TPSA) is 58.6 Å². The third kappa shape index (κ3) is 4.28. The molecule has 0 aromatic heterocycles. The van der Waals surface area contributed by atoms with Crippen molar-refractivity contribution in [3.05, 3.63) is 94.8 Å². The zero-order valence-electron chi connectivity index (χ0n) is 15.8. The predicted molar refractivity (Wildman–Crippen MR) is 112 cm³/mol. The zero-order chi connectivity index (χ0) is 21.1. The van der Waals surface area contributed by atoms with E-state index in [4.69, 9.17) is 16.3 Å². The summed E-state index contributed by atoms with van der Waals surface area (Å²) in [7, 11) is 0. The molecule has 0 aliphatic carbocycles. The smallest absolute Gasteiger partial charge is 0.263 e. The van der Waals surface area contributed by atoms with E-state index in [1.807, 2.05) is 6.07 Å². The van der Waals surface area contributed by atoms with Crippen LogP contribution in [0.3, 0.4) is 0 Å². The number of ether oxygens (including phenoxy) is 1. The second kappa shape index (κ2) is 8.55. The molecule has 1 atom stereocenters. The summed E-state index contributed by atoms with van der Waals surface area (Å²) in [6.07, 6.45) is -0.896. The van der Waals surface area contributed by atoms with E-state index >= 15 is 0 Å². The number of rotatable bonds is 4. The van der Waals surface area contributed by atoms with Gasteiger partial charge in [0, 0.05) is 17.1 Å². The second-order valence-corrected chi connectivity index (χ2v) is 7.28. The van der Waals surface area contributed by atoms with Crippen LogP contribution < -0.4 is 15.0 Å². The Morgan fingerprint density at radius 3 is 2.53 bits per heavy atom. The van der Waals surface area contributed by atoms with Crippen molar-refractivity contribution in [2.75, 3.05) is 11.4 Å². The Kier molecular flexibility index (Phi) is 5.68. The Balaban J connectivity index is 1.55. The van der Waals surface area contributed by atoms with Crippen molar-refractivity contribution in [1.29, 1.82) is 0 Å². The molecular formula is C23H18ClFN2O3. The molecule has 5 nitrogen and oxygen atoms in total. The zero-order valence-corrected chi connectivity index (χ0v) is 16.6. The monoisotopic (exact) mass is 424 g/mol. The number of fused-ring (bicyclic) bond motifs is 1.